The normalized spacial score (nSPS) is 22.3. The van der Waals surface area contributed by atoms with Crippen LogP contribution in [0.25, 0.3) is 0 Å². The number of hydrogen-bond donors (Lipinski definition) is 1. The maximum atomic E-state index is 14.4. The van der Waals surface area contributed by atoms with Crippen LogP contribution in [0, 0.1) is 12.3 Å². The molecule has 1 N–H and O–H groups in total. The summed E-state index contributed by atoms with van der Waals surface area (Å²) >= 11 is 12.8. The molecule has 0 bridgehead atoms. The first-order valence-corrected chi connectivity index (χ1v) is 14.2. The van der Waals surface area contributed by atoms with Gasteiger partial charge in [-0.05, 0) is 67.1 Å². The smallest absolute Gasteiger partial charge is 0.229 e. The lowest BCUT2D eigenvalue weighted by Gasteiger charge is -2.52. The van der Waals surface area contributed by atoms with Gasteiger partial charge in [-0.2, -0.15) is 0 Å². The summed E-state index contributed by atoms with van der Waals surface area (Å²) < 4.78 is 0. The van der Waals surface area contributed by atoms with Gasteiger partial charge in [0.25, 0.3) is 0 Å². The summed E-state index contributed by atoms with van der Waals surface area (Å²) in [5.41, 5.74) is 4.16. The molecule has 4 atom stereocenters. The summed E-state index contributed by atoms with van der Waals surface area (Å²) in [7, 11) is 0. The second-order valence-electron chi connectivity index (χ2n) is 10.8. The summed E-state index contributed by atoms with van der Waals surface area (Å²) in [6.07, 6.45) is 4.06. The highest BCUT2D eigenvalue weighted by atomic mass is 35.5. The maximum absolute atomic E-state index is 14.4. The van der Waals surface area contributed by atoms with E-state index < -0.39 is 5.41 Å². The third-order valence-corrected chi connectivity index (χ3v) is 8.37. The number of aryl methyl sites for hydroxylation is 1. The molecule has 200 valence electrons. The maximum Gasteiger partial charge on any atom is 0.229 e. The number of likely N-dealkylation sites (tertiary alicyclic amines) is 1. The minimum absolute atomic E-state index is 0.0137. The number of nitrogens with one attached hydrogen (secondary N) is 1. The van der Waals surface area contributed by atoms with E-state index in [1.165, 1.54) is 11.1 Å². The van der Waals surface area contributed by atoms with Gasteiger partial charge in [-0.15, -0.1) is 6.58 Å². The van der Waals surface area contributed by atoms with Crippen molar-refractivity contribution < 1.29 is 4.79 Å². The average molecular weight is 550 g/mol. The van der Waals surface area contributed by atoms with Crippen molar-refractivity contribution in [3.05, 3.63) is 118 Å². The third-order valence-electron chi connectivity index (χ3n) is 7.88. The fraction of sp³-hybridized carbons (Fsp3) is 0.364. The first-order chi connectivity index (χ1) is 18.3. The van der Waals surface area contributed by atoms with Gasteiger partial charge in [0.2, 0.25) is 5.91 Å². The Bertz CT molecular complexity index is 1240. The minimum atomic E-state index is -0.554. The second-order valence-corrected chi connectivity index (χ2v) is 11.7. The molecule has 38 heavy (non-hydrogen) atoms. The SMILES string of the molecule is C=CC[C@]1(C)C[C@H](c2cccc(Cl)c2)[C@@H](c2ccc(Cl)cc2)N(C(CC)CNCc2ccc(C)cc2)C1=O. The number of carbonyl (C=O) groups excluding carboxylic acids is 1. The van der Waals surface area contributed by atoms with Gasteiger partial charge in [-0.25, -0.2) is 0 Å². The summed E-state index contributed by atoms with van der Waals surface area (Å²) in [6.45, 7) is 11.8. The van der Waals surface area contributed by atoms with Crippen LogP contribution in [0.2, 0.25) is 10.0 Å². The first kappa shape index (κ1) is 28.4. The quantitative estimate of drug-likeness (QED) is 0.257. The van der Waals surface area contributed by atoms with E-state index in [2.05, 4.69) is 80.0 Å². The highest BCUT2D eigenvalue weighted by Gasteiger charge is 2.50. The Balaban J connectivity index is 1.74. The van der Waals surface area contributed by atoms with Crippen molar-refractivity contribution in [2.24, 2.45) is 5.41 Å². The van der Waals surface area contributed by atoms with Crippen LogP contribution in [0.1, 0.15) is 67.3 Å². The van der Waals surface area contributed by atoms with E-state index in [1.54, 1.807) is 0 Å². The van der Waals surface area contributed by atoms with Gasteiger partial charge in [-0.1, -0.05) is 97.2 Å². The lowest BCUT2D eigenvalue weighted by Crippen LogP contribution is -2.57. The minimum Gasteiger partial charge on any atom is -0.330 e. The van der Waals surface area contributed by atoms with E-state index in [1.807, 2.05) is 36.4 Å². The Morgan fingerprint density at radius 3 is 2.39 bits per heavy atom. The Morgan fingerprint density at radius 2 is 1.76 bits per heavy atom. The standard InChI is InChI=1S/C33H38Cl2N2O/c1-5-18-33(4)20-30(26-8-7-9-28(35)19-26)31(25-14-16-27(34)17-15-25)37(32(33)38)29(6-2)22-36-21-24-12-10-23(3)11-13-24/h5,7-17,19,29-31,36H,1,6,18,20-22H2,2-4H3/t29?,30-,31-,33-/m1/s1. The number of nitrogens with zero attached hydrogens (tertiary/aromatic N) is 1. The molecule has 1 aliphatic rings. The zero-order valence-corrected chi connectivity index (χ0v) is 24.1. The fourth-order valence-electron chi connectivity index (χ4n) is 5.82. The molecule has 1 aliphatic heterocycles. The van der Waals surface area contributed by atoms with E-state index >= 15 is 0 Å². The third kappa shape index (κ3) is 6.34. The lowest BCUT2D eigenvalue weighted by molar-refractivity contribution is -0.154. The van der Waals surface area contributed by atoms with Crippen LogP contribution in [0.4, 0.5) is 0 Å². The molecule has 5 heteroatoms. The number of allylic oxidation sites excluding steroid dienone is 1. The molecular weight excluding hydrogens is 511 g/mol. The number of halogens is 2. The molecule has 3 nitrogen and oxygen atoms in total. The van der Waals surface area contributed by atoms with Crippen molar-refractivity contribution in [1.82, 2.24) is 10.2 Å². The summed E-state index contributed by atoms with van der Waals surface area (Å²) in [6, 6.07) is 24.5. The Morgan fingerprint density at radius 1 is 1.05 bits per heavy atom. The van der Waals surface area contributed by atoms with Gasteiger partial charge in [0, 0.05) is 35.1 Å². The van der Waals surface area contributed by atoms with Crippen LogP contribution in [0.15, 0.2) is 85.5 Å². The number of hydrogen-bond acceptors (Lipinski definition) is 2. The van der Waals surface area contributed by atoms with Crippen molar-refractivity contribution >= 4 is 29.1 Å². The van der Waals surface area contributed by atoms with Crippen molar-refractivity contribution in [2.75, 3.05) is 6.54 Å². The largest absolute Gasteiger partial charge is 0.330 e. The number of benzene rings is 3. The molecule has 0 aromatic heterocycles. The molecule has 0 radical (unpaired) electrons. The molecule has 1 heterocycles. The zero-order valence-electron chi connectivity index (χ0n) is 22.6. The van der Waals surface area contributed by atoms with Crippen LogP contribution in [0.3, 0.4) is 0 Å². The molecule has 0 aliphatic carbocycles. The van der Waals surface area contributed by atoms with Crippen molar-refractivity contribution in [2.45, 2.75) is 64.6 Å². The van der Waals surface area contributed by atoms with Crippen LogP contribution in [0.5, 0.6) is 0 Å². The topological polar surface area (TPSA) is 32.3 Å². The van der Waals surface area contributed by atoms with E-state index in [0.29, 0.717) is 23.0 Å². The molecule has 3 aromatic rings. The van der Waals surface area contributed by atoms with Gasteiger partial charge < -0.3 is 10.2 Å². The monoisotopic (exact) mass is 548 g/mol. The van der Waals surface area contributed by atoms with Gasteiger partial charge in [0.05, 0.1) is 11.5 Å². The van der Waals surface area contributed by atoms with E-state index in [4.69, 9.17) is 23.2 Å². The van der Waals surface area contributed by atoms with E-state index in [0.717, 1.165) is 30.5 Å². The van der Waals surface area contributed by atoms with Gasteiger partial charge in [0.1, 0.15) is 0 Å². The first-order valence-electron chi connectivity index (χ1n) is 13.5. The molecule has 4 rings (SSSR count). The Hall–Kier alpha value is -2.59. The Kier molecular flexibility index (Phi) is 9.36. The number of amides is 1. The predicted octanol–water partition coefficient (Wildman–Crippen LogP) is 8.51. The number of rotatable bonds is 10. The zero-order chi connectivity index (χ0) is 27.3. The molecule has 1 saturated heterocycles. The van der Waals surface area contributed by atoms with Gasteiger partial charge in [0.15, 0.2) is 0 Å². The molecule has 0 saturated carbocycles. The van der Waals surface area contributed by atoms with E-state index in [-0.39, 0.29) is 23.9 Å². The molecular formula is C33H38Cl2N2O. The van der Waals surface area contributed by atoms with E-state index in [9.17, 15) is 4.79 Å². The molecule has 1 amide bonds. The molecule has 0 spiro atoms. The van der Waals surface area contributed by atoms with Crippen molar-refractivity contribution in [3.8, 4) is 0 Å². The molecule has 3 aromatic carbocycles. The Labute approximate surface area is 237 Å². The highest BCUT2D eigenvalue weighted by Crippen LogP contribution is 2.52. The fourth-order valence-corrected chi connectivity index (χ4v) is 6.14. The second kappa shape index (κ2) is 12.5. The van der Waals surface area contributed by atoms with Crippen LogP contribution >= 0.6 is 23.2 Å². The summed E-state index contributed by atoms with van der Waals surface area (Å²) in [4.78, 5) is 16.6. The summed E-state index contributed by atoms with van der Waals surface area (Å²) in [5.74, 6) is 0.253. The summed E-state index contributed by atoms with van der Waals surface area (Å²) in [5, 5.41) is 5.03. The van der Waals surface area contributed by atoms with Crippen LogP contribution in [-0.2, 0) is 11.3 Å². The van der Waals surface area contributed by atoms with Gasteiger partial charge in [-0.3, -0.25) is 4.79 Å². The van der Waals surface area contributed by atoms with Gasteiger partial charge >= 0.3 is 0 Å². The van der Waals surface area contributed by atoms with Crippen molar-refractivity contribution in [3.63, 3.8) is 0 Å². The predicted molar refractivity (Wildman–Crippen MR) is 160 cm³/mol. The molecule has 1 unspecified atom stereocenters. The lowest BCUT2D eigenvalue weighted by atomic mass is 9.67. The average Bonchev–Trinajstić information content (AvgIpc) is 2.90. The van der Waals surface area contributed by atoms with Crippen LogP contribution < -0.4 is 5.32 Å². The number of piperidine rings is 1. The number of carbonyl (C=O) groups is 1. The van der Waals surface area contributed by atoms with Crippen molar-refractivity contribution in [1.29, 1.82) is 0 Å². The molecule has 1 fully saturated rings. The highest BCUT2D eigenvalue weighted by molar-refractivity contribution is 6.30. The van der Waals surface area contributed by atoms with Crippen LogP contribution in [-0.4, -0.2) is 23.4 Å².